The van der Waals surface area contributed by atoms with Crippen molar-refractivity contribution in [2.24, 2.45) is 5.10 Å². The summed E-state index contributed by atoms with van der Waals surface area (Å²) in [6.07, 6.45) is 1.53. The molecule has 1 aromatic heterocycles. The molecule has 2 aromatic carbocycles. The van der Waals surface area contributed by atoms with Gasteiger partial charge in [-0.3, -0.25) is 4.79 Å². The number of hydrazone groups is 1. The summed E-state index contributed by atoms with van der Waals surface area (Å²) >= 11 is 0. The van der Waals surface area contributed by atoms with Gasteiger partial charge in [-0.25, -0.2) is 10.1 Å². The maximum absolute atomic E-state index is 12.1. The normalized spacial score (nSPS) is 11.0. The number of nitrogens with one attached hydrogen (secondary N) is 1. The maximum Gasteiger partial charge on any atom is 0.271 e. The van der Waals surface area contributed by atoms with E-state index in [0.29, 0.717) is 0 Å². The van der Waals surface area contributed by atoms with Crippen LogP contribution in [-0.4, -0.2) is 32.1 Å². The Morgan fingerprint density at radius 2 is 1.77 bits per heavy atom. The molecule has 0 aliphatic rings. The van der Waals surface area contributed by atoms with Crippen molar-refractivity contribution in [2.75, 3.05) is 0 Å². The number of carbonyl (C=O) groups is 1. The van der Waals surface area contributed by atoms with Gasteiger partial charge in [-0.15, -0.1) is 0 Å². The number of amides is 1. The minimum atomic E-state index is -0.543. The second kappa shape index (κ2) is 7.10. The van der Waals surface area contributed by atoms with Gasteiger partial charge in [0.15, 0.2) is 0 Å². The highest BCUT2D eigenvalue weighted by Gasteiger charge is 2.12. The number of hydrogen-bond acceptors (Lipinski definition) is 5. The van der Waals surface area contributed by atoms with Crippen molar-refractivity contribution in [1.29, 1.82) is 0 Å². The molecule has 0 saturated heterocycles. The van der Waals surface area contributed by atoms with Crippen LogP contribution in [0.5, 0.6) is 11.5 Å². The summed E-state index contributed by atoms with van der Waals surface area (Å²) in [5.41, 5.74) is 5.88. The third-order valence-corrected chi connectivity index (χ3v) is 3.87. The number of aromatic hydroxyl groups is 2. The molecule has 0 unspecified atom stereocenters. The summed E-state index contributed by atoms with van der Waals surface area (Å²) < 4.78 is 1.81. The number of aromatic nitrogens is 2. The Kier molecular flexibility index (Phi) is 4.70. The van der Waals surface area contributed by atoms with Gasteiger partial charge in [-0.1, -0.05) is 18.2 Å². The zero-order valence-corrected chi connectivity index (χ0v) is 14.3. The van der Waals surface area contributed by atoms with E-state index < -0.39 is 5.91 Å². The van der Waals surface area contributed by atoms with Gasteiger partial charge >= 0.3 is 0 Å². The lowest BCUT2D eigenvalue weighted by atomic mass is 10.2. The number of nitrogens with zero attached hydrogens (tertiary/aromatic N) is 3. The first-order chi connectivity index (χ1) is 12.5. The molecule has 7 heteroatoms. The van der Waals surface area contributed by atoms with Crippen LogP contribution in [0.4, 0.5) is 0 Å². The molecule has 132 valence electrons. The highest BCUT2D eigenvalue weighted by molar-refractivity contribution is 5.95. The SMILES string of the molecule is Cc1nn(-c2ccccc2)c(C)c1C=NNC(=O)c1cc(O)cc(O)c1. The van der Waals surface area contributed by atoms with E-state index in [1.165, 1.54) is 18.3 Å². The predicted octanol–water partition coefficient (Wildman–Crippen LogP) is 2.66. The summed E-state index contributed by atoms with van der Waals surface area (Å²) in [6, 6.07) is 13.3. The lowest BCUT2D eigenvalue weighted by molar-refractivity contribution is 0.0954. The van der Waals surface area contributed by atoms with Crippen molar-refractivity contribution in [3.05, 3.63) is 71.0 Å². The highest BCUT2D eigenvalue weighted by atomic mass is 16.3. The van der Waals surface area contributed by atoms with Gasteiger partial charge in [0.1, 0.15) is 11.5 Å². The number of para-hydroxylation sites is 1. The van der Waals surface area contributed by atoms with Gasteiger partial charge < -0.3 is 10.2 Å². The molecule has 26 heavy (non-hydrogen) atoms. The Morgan fingerprint density at radius 1 is 1.12 bits per heavy atom. The molecule has 0 spiro atoms. The molecule has 3 N–H and O–H groups in total. The molecule has 0 fully saturated rings. The van der Waals surface area contributed by atoms with E-state index in [1.54, 1.807) is 0 Å². The molecular formula is C19H18N4O3. The van der Waals surface area contributed by atoms with E-state index in [9.17, 15) is 15.0 Å². The molecule has 3 aromatic rings. The number of carbonyl (C=O) groups excluding carboxylic acids is 1. The summed E-state index contributed by atoms with van der Waals surface area (Å²) in [5, 5.41) is 27.4. The van der Waals surface area contributed by atoms with Gasteiger partial charge in [0.25, 0.3) is 5.91 Å². The van der Waals surface area contributed by atoms with Crippen LogP contribution >= 0.6 is 0 Å². The second-order valence-electron chi connectivity index (χ2n) is 5.77. The number of hydrogen-bond donors (Lipinski definition) is 3. The van der Waals surface area contributed by atoms with Crippen molar-refractivity contribution < 1.29 is 15.0 Å². The first-order valence-electron chi connectivity index (χ1n) is 7.94. The lowest BCUT2D eigenvalue weighted by Gasteiger charge is -2.04. The smallest absolute Gasteiger partial charge is 0.271 e. The average molecular weight is 350 g/mol. The second-order valence-corrected chi connectivity index (χ2v) is 5.77. The lowest BCUT2D eigenvalue weighted by Crippen LogP contribution is -2.17. The fourth-order valence-corrected chi connectivity index (χ4v) is 2.61. The van der Waals surface area contributed by atoms with E-state index in [1.807, 2.05) is 48.9 Å². The van der Waals surface area contributed by atoms with Crippen molar-refractivity contribution in [3.8, 4) is 17.2 Å². The predicted molar refractivity (Wildman–Crippen MR) is 97.9 cm³/mol. The first kappa shape index (κ1) is 17.2. The number of phenols is 2. The van der Waals surface area contributed by atoms with E-state index in [0.717, 1.165) is 28.7 Å². The van der Waals surface area contributed by atoms with Crippen LogP contribution in [-0.2, 0) is 0 Å². The zero-order chi connectivity index (χ0) is 18.7. The molecule has 1 heterocycles. The van der Waals surface area contributed by atoms with Crippen LogP contribution in [0.25, 0.3) is 5.69 Å². The molecule has 0 radical (unpaired) electrons. The molecule has 7 nitrogen and oxygen atoms in total. The van der Waals surface area contributed by atoms with E-state index >= 15 is 0 Å². The summed E-state index contributed by atoms with van der Waals surface area (Å²) in [5.74, 6) is -0.942. The molecule has 0 saturated carbocycles. The fraction of sp³-hybridized carbons (Fsp3) is 0.105. The van der Waals surface area contributed by atoms with Crippen LogP contribution in [0.3, 0.4) is 0 Å². The van der Waals surface area contributed by atoms with Gasteiger partial charge in [-0.2, -0.15) is 10.2 Å². The van der Waals surface area contributed by atoms with E-state index in [-0.39, 0.29) is 17.1 Å². The molecule has 0 aliphatic heterocycles. The monoisotopic (exact) mass is 350 g/mol. The van der Waals surface area contributed by atoms with Gasteiger partial charge in [-0.05, 0) is 38.1 Å². The average Bonchev–Trinajstić information content (AvgIpc) is 2.89. The molecule has 0 atom stereocenters. The number of aryl methyl sites for hydroxylation is 1. The number of rotatable bonds is 4. The number of benzene rings is 2. The van der Waals surface area contributed by atoms with Gasteiger partial charge in [0.2, 0.25) is 0 Å². The molecule has 0 aliphatic carbocycles. The third-order valence-electron chi connectivity index (χ3n) is 3.87. The highest BCUT2D eigenvalue weighted by Crippen LogP contribution is 2.20. The minimum absolute atomic E-state index is 0.105. The third kappa shape index (κ3) is 3.56. The van der Waals surface area contributed by atoms with Crippen LogP contribution in [0, 0.1) is 13.8 Å². The Bertz CT molecular complexity index is 958. The van der Waals surface area contributed by atoms with E-state index in [4.69, 9.17) is 0 Å². The number of phenolic OH excluding ortho intramolecular Hbond substituents is 2. The first-order valence-corrected chi connectivity index (χ1v) is 7.94. The van der Waals surface area contributed by atoms with E-state index in [2.05, 4.69) is 15.6 Å². The van der Waals surface area contributed by atoms with Crippen LogP contribution < -0.4 is 5.43 Å². The Labute approximate surface area is 150 Å². The standard InChI is InChI=1S/C19H18N4O3/c1-12-18(13(2)23(22-12)15-6-4-3-5-7-15)11-20-21-19(26)14-8-16(24)10-17(25)9-14/h3-11,24-25H,1-2H3,(H,21,26). The fourth-order valence-electron chi connectivity index (χ4n) is 2.61. The Morgan fingerprint density at radius 3 is 2.42 bits per heavy atom. The largest absolute Gasteiger partial charge is 0.508 e. The topological polar surface area (TPSA) is 99.7 Å². The summed E-state index contributed by atoms with van der Waals surface area (Å²) in [6.45, 7) is 3.78. The van der Waals surface area contributed by atoms with Crippen molar-refractivity contribution >= 4 is 12.1 Å². The minimum Gasteiger partial charge on any atom is -0.508 e. The van der Waals surface area contributed by atoms with Crippen LogP contribution in [0.1, 0.15) is 27.3 Å². The molecule has 3 rings (SSSR count). The van der Waals surface area contributed by atoms with Crippen molar-refractivity contribution in [2.45, 2.75) is 13.8 Å². The summed E-state index contributed by atoms with van der Waals surface area (Å²) in [7, 11) is 0. The maximum atomic E-state index is 12.1. The van der Waals surface area contributed by atoms with Crippen LogP contribution in [0.15, 0.2) is 53.6 Å². The molecule has 0 bridgehead atoms. The zero-order valence-electron chi connectivity index (χ0n) is 14.3. The molecule has 1 amide bonds. The quantitative estimate of drug-likeness (QED) is 0.497. The van der Waals surface area contributed by atoms with Crippen LogP contribution in [0.2, 0.25) is 0 Å². The van der Waals surface area contributed by atoms with Crippen molar-refractivity contribution in [1.82, 2.24) is 15.2 Å². The van der Waals surface area contributed by atoms with Gasteiger partial charge in [0, 0.05) is 17.2 Å². The Hall–Kier alpha value is -3.61. The molecular weight excluding hydrogens is 332 g/mol. The van der Waals surface area contributed by atoms with Crippen molar-refractivity contribution in [3.63, 3.8) is 0 Å². The Balaban J connectivity index is 1.79. The summed E-state index contributed by atoms with van der Waals surface area (Å²) in [4.78, 5) is 12.1. The van der Waals surface area contributed by atoms with Gasteiger partial charge in [0.05, 0.1) is 23.3 Å².